The van der Waals surface area contributed by atoms with Crippen molar-refractivity contribution in [3.63, 3.8) is 0 Å². The fourth-order valence-corrected chi connectivity index (χ4v) is 2.80. The van der Waals surface area contributed by atoms with Crippen LogP contribution in [0.25, 0.3) is 0 Å². The second kappa shape index (κ2) is 7.86. The lowest BCUT2D eigenvalue weighted by Gasteiger charge is -2.26. The van der Waals surface area contributed by atoms with Crippen molar-refractivity contribution in [3.8, 4) is 11.5 Å². The maximum atomic E-state index is 12.2. The van der Waals surface area contributed by atoms with E-state index in [0.717, 1.165) is 18.6 Å². The molecule has 0 saturated heterocycles. The molecule has 2 aromatic carbocycles. The van der Waals surface area contributed by atoms with E-state index in [-0.39, 0.29) is 18.1 Å². The van der Waals surface area contributed by atoms with Crippen LogP contribution < -0.4 is 14.8 Å². The summed E-state index contributed by atoms with van der Waals surface area (Å²) in [5, 5.41) is 3.05. The van der Waals surface area contributed by atoms with Crippen LogP contribution in [0, 0.1) is 0 Å². The van der Waals surface area contributed by atoms with Crippen LogP contribution in [0.3, 0.4) is 0 Å². The Balaban J connectivity index is 1.42. The van der Waals surface area contributed by atoms with Gasteiger partial charge in [0.2, 0.25) is 5.91 Å². The number of aryl methyl sites for hydroxylation is 1. The van der Waals surface area contributed by atoms with E-state index in [1.165, 1.54) is 5.56 Å². The predicted molar refractivity (Wildman–Crippen MR) is 93.3 cm³/mol. The second-order valence-electron chi connectivity index (χ2n) is 6.19. The van der Waals surface area contributed by atoms with Gasteiger partial charge in [-0.1, -0.05) is 42.5 Å². The zero-order valence-corrected chi connectivity index (χ0v) is 13.9. The molecule has 4 nitrogen and oxygen atoms in total. The molecule has 126 valence electrons. The van der Waals surface area contributed by atoms with Gasteiger partial charge in [-0.05, 0) is 37.5 Å². The van der Waals surface area contributed by atoms with Crippen molar-refractivity contribution in [1.82, 2.24) is 5.32 Å². The topological polar surface area (TPSA) is 47.6 Å². The fraction of sp³-hybridized carbons (Fsp3) is 0.350. The van der Waals surface area contributed by atoms with Crippen LogP contribution in [0.5, 0.6) is 11.5 Å². The van der Waals surface area contributed by atoms with Crippen molar-refractivity contribution in [3.05, 3.63) is 60.2 Å². The third-order valence-corrected chi connectivity index (χ3v) is 4.10. The minimum Gasteiger partial charge on any atom is -0.486 e. The van der Waals surface area contributed by atoms with Crippen molar-refractivity contribution < 1.29 is 14.3 Å². The zero-order chi connectivity index (χ0) is 16.8. The Bertz CT molecular complexity index is 672. The largest absolute Gasteiger partial charge is 0.486 e. The van der Waals surface area contributed by atoms with Gasteiger partial charge < -0.3 is 14.8 Å². The van der Waals surface area contributed by atoms with Gasteiger partial charge in [-0.25, -0.2) is 0 Å². The van der Waals surface area contributed by atoms with E-state index >= 15 is 0 Å². The summed E-state index contributed by atoms with van der Waals surface area (Å²) in [6.45, 7) is 2.44. The first-order valence-electron chi connectivity index (χ1n) is 8.42. The molecule has 0 aromatic heterocycles. The normalized spacial score (nSPS) is 17.1. The molecule has 1 amide bonds. The third kappa shape index (κ3) is 4.51. The number of ether oxygens (including phenoxy) is 2. The lowest BCUT2D eigenvalue weighted by atomic mass is 10.1. The molecule has 1 heterocycles. The lowest BCUT2D eigenvalue weighted by molar-refractivity contribution is -0.124. The highest BCUT2D eigenvalue weighted by molar-refractivity contribution is 5.76. The maximum Gasteiger partial charge on any atom is 0.224 e. The van der Waals surface area contributed by atoms with Crippen molar-refractivity contribution in [2.75, 3.05) is 6.61 Å². The van der Waals surface area contributed by atoms with Crippen LogP contribution in [0.15, 0.2) is 54.6 Å². The Hall–Kier alpha value is -2.49. The first-order valence-corrected chi connectivity index (χ1v) is 8.42. The van der Waals surface area contributed by atoms with Crippen molar-refractivity contribution in [2.24, 2.45) is 0 Å². The highest BCUT2D eigenvalue weighted by Crippen LogP contribution is 2.31. The van der Waals surface area contributed by atoms with Crippen molar-refractivity contribution in [2.45, 2.75) is 38.3 Å². The Labute approximate surface area is 142 Å². The number of fused-ring (bicyclic) bond motifs is 1. The van der Waals surface area contributed by atoms with E-state index in [9.17, 15) is 4.79 Å². The Morgan fingerprint density at radius 1 is 1.12 bits per heavy atom. The average molecular weight is 325 g/mol. The average Bonchev–Trinajstić information content (AvgIpc) is 2.60. The summed E-state index contributed by atoms with van der Waals surface area (Å²) in [6.07, 6.45) is 1.95. The van der Waals surface area contributed by atoms with Gasteiger partial charge in [0.25, 0.3) is 0 Å². The number of nitrogens with one attached hydrogen (secondary N) is 1. The van der Waals surface area contributed by atoms with Gasteiger partial charge in [0.05, 0.1) is 6.42 Å². The van der Waals surface area contributed by atoms with Crippen LogP contribution in [0.2, 0.25) is 0 Å². The standard InChI is InChI=1S/C20H23NO3/c1-15(11-12-16-7-3-2-4-8-16)21-20(22)13-17-14-23-18-9-5-6-10-19(18)24-17/h2-10,15,17H,11-14H2,1H3,(H,21,22)/t15-,17+/m1/s1. The quantitative estimate of drug-likeness (QED) is 0.886. The first-order chi connectivity index (χ1) is 11.7. The predicted octanol–water partition coefficient (Wildman–Crippen LogP) is 3.35. The molecule has 1 aliphatic rings. The van der Waals surface area contributed by atoms with Gasteiger partial charge >= 0.3 is 0 Å². The summed E-state index contributed by atoms with van der Waals surface area (Å²) < 4.78 is 11.5. The maximum absolute atomic E-state index is 12.2. The molecule has 0 saturated carbocycles. The van der Waals surface area contributed by atoms with E-state index < -0.39 is 0 Å². The number of rotatable bonds is 6. The van der Waals surface area contributed by atoms with Crippen LogP contribution >= 0.6 is 0 Å². The fourth-order valence-electron chi connectivity index (χ4n) is 2.80. The molecular weight excluding hydrogens is 302 g/mol. The summed E-state index contributed by atoms with van der Waals surface area (Å²) in [6, 6.07) is 18.0. The van der Waals surface area contributed by atoms with Gasteiger partial charge in [0.15, 0.2) is 11.5 Å². The summed E-state index contributed by atoms with van der Waals surface area (Å²) in [5.41, 5.74) is 1.29. The molecule has 1 N–H and O–H groups in total. The van der Waals surface area contributed by atoms with Gasteiger partial charge in [-0.15, -0.1) is 0 Å². The van der Waals surface area contributed by atoms with E-state index in [4.69, 9.17) is 9.47 Å². The molecule has 4 heteroatoms. The minimum atomic E-state index is -0.235. The molecule has 0 aliphatic carbocycles. The molecule has 24 heavy (non-hydrogen) atoms. The molecule has 0 unspecified atom stereocenters. The summed E-state index contributed by atoms with van der Waals surface area (Å²) in [7, 11) is 0. The lowest BCUT2D eigenvalue weighted by Crippen LogP contribution is -2.39. The highest BCUT2D eigenvalue weighted by atomic mass is 16.6. The molecule has 3 rings (SSSR count). The molecule has 0 fully saturated rings. The molecule has 1 aliphatic heterocycles. The number of carbonyl (C=O) groups excluding carboxylic acids is 1. The molecule has 2 aromatic rings. The minimum absolute atomic E-state index is 0.00328. The monoisotopic (exact) mass is 325 g/mol. The highest BCUT2D eigenvalue weighted by Gasteiger charge is 2.23. The van der Waals surface area contributed by atoms with Crippen LogP contribution in [0.4, 0.5) is 0 Å². The number of benzene rings is 2. The molecule has 0 bridgehead atoms. The van der Waals surface area contributed by atoms with E-state index in [1.54, 1.807) is 0 Å². The number of hydrogen-bond acceptors (Lipinski definition) is 3. The number of hydrogen-bond donors (Lipinski definition) is 1. The smallest absolute Gasteiger partial charge is 0.224 e. The van der Waals surface area contributed by atoms with Crippen molar-refractivity contribution in [1.29, 1.82) is 0 Å². The van der Waals surface area contributed by atoms with E-state index in [0.29, 0.717) is 18.8 Å². The van der Waals surface area contributed by atoms with Crippen LogP contribution in [-0.2, 0) is 11.2 Å². The van der Waals surface area contributed by atoms with Gasteiger partial charge in [0, 0.05) is 6.04 Å². The number of amides is 1. The number of para-hydroxylation sites is 2. The third-order valence-electron chi connectivity index (χ3n) is 4.10. The van der Waals surface area contributed by atoms with Gasteiger partial charge in [0.1, 0.15) is 12.7 Å². The first kappa shape index (κ1) is 16.4. The zero-order valence-electron chi connectivity index (χ0n) is 13.9. The Kier molecular flexibility index (Phi) is 5.36. The summed E-state index contributed by atoms with van der Waals surface area (Å²) in [5.74, 6) is 1.45. The van der Waals surface area contributed by atoms with E-state index in [2.05, 4.69) is 17.4 Å². The van der Waals surface area contributed by atoms with E-state index in [1.807, 2.05) is 49.4 Å². The molecule has 0 radical (unpaired) electrons. The molecule has 0 spiro atoms. The second-order valence-corrected chi connectivity index (χ2v) is 6.19. The Morgan fingerprint density at radius 3 is 2.62 bits per heavy atom. The van der Waals surface area contributed by atoms with Crippen LogP contribution in [0.1, 0.15) is 25.3 Å². The molecular formula is C20H23NO3. The SMILES string of the molecule is C[C@H](CCc1ccccc1)NC(=O)C[C@H]1COc2ccccc2O1. The summed E-state index contributed by atoms with van der Waals surface area (Å²) >= 11 is 0. The van der Waals surface area contributed by atoms with Crippen molar-refractivity contribution >= 4 is 5.91 Å². The molecule has 2 atom stereocenters. The summed E-state index contributed by atoms with van der Waals surface area (Å²) in [4.78, 5) is 12.2. The Morgan fingerprint density at radius 2 is 1.83 bits per heavy atom. The van der Waals surface area contributed by atoms with Gasteiger partial charge in [-0.2, -0.15) is 0 Å². The van der Waals surface area contributed by atoms with Crippen LogP contribution in [-0.4, -0.2) is 24.7 Å². The van der Waals surface area contributed by atoms with Gasteiger partial charge in [-0.3, -0.25) is 4.79 Å². The number of carbonyl (C=O) groups is 1.